The van der Waals surface area contributed by atoms with Gasteiger partial charge in [0.2, 0.25) is 5.91 Å². The Balaban J connectivity index is 1.85. The summed E-state index contributed by atoms with van der Waals surface area (Å²) in [5.41, 5.74) is 6.65. The molecule has 2 rings (SSSR count). The van der Waals surface area contributed by atoms with Crippen LogP contribution in [0.15, 0.2) is 30.3 Å². The first-order valence-corrected chi connectivity index (χ1v) is 8.14. The number of urea groups is 1. The molecule has 6 heteroatoms. The lowest BCUT2D eigenvalue weighted by Gasteiger charge is -2.36. The second-order valence-corrected chi connectivity index (χ2v) is 6.23. The molecule has 0 bridgehead atoms. The molecule has 3 unspecified atom stereocenters. The minimum atomic E-state index is -0.564. The topological polar surface area (TPSA) is 87.5 Å². The van der Waals surface area contributed by atoms with Gasteiger partial charge < -0.3 is 21.3 Å². The summed E-state index contributed by atoms with van der Waals surface area (Å²) in [6, 6.07) is 8.28. The molecule has 1 aliphatic heterocycles. The molecule has 0 aliphatic carbocycles. The summed E-state index contributed by atoms with van der Waals surface area (Å²) in [5.74, 6) is 0.275. The van der Waals surface area contributed by atoms with Gasteiger partial charge in [-0.25, -0.2) is 4.79 Å². The molecule has 0 aromatic heterocycles. The molecule has 0 spiro atoms. The van der Waals surface area contributed by atoms with Crippen molar-refractivity contribution in [1.82, 2.24) is 10.2 Å². The van der Waals surface area contributed by atoms with Crippen molar-refractivity contribution in [2.45, 2.75) is 38.8 Å². The number of benzene rings is 1. The first kappa shape index (κ1) is 17.3. The zero-order valence-electron chi connectivity index (χ0n) is 13.8. The van der Waals surface area contributed by atoms with Crippen molar-refractivity contribution in [3.8, 4) is 0 Å². The number of hydrogen-bond donors (Lipinski definition) is 3. The van der Waals surface area contributed by atoms with Crippen LogP contribution in [0.5, 0.6) is 0 Å². The maximum absolute atomic E-state index is 12.5. The number of carbonyl (C=O) groups is 2. The second kappa shape index (κ2) is 7.97. The van der Waals surface area contributed by atoms with E-state index in [1.54, 1.807) is 19.1 Å². The molecule has 126 valence electrons. The Bertz CT molecular complexity index is 533. The van der Waals surface area contributed by atoms with Gasteiger partial charge in [-0.2, -0.15) is 0 Å². The minimum absolute atomic E-state index is 0.0569. The summed E-state index contributed by atoms with van der Waals surface area (Å²) < 4.78 is 0. The largest absolute Gasteiger partial charge is 0.341 e. The van der Waals surface area contributed by atoms with Crippen LogP contribution >= 0.6 is 0 Å². The molecule has 1 heterocycles. The number of nitrogens with zero attached hydrogens (tertiary/aromatic N) is 1. The van der Waals surface area contributed by atoms with E-state index in [1.165, 1.54) is 0 Å². The van der Waals surface area contributed by atoms with Crippen LogP contribution in [0.1, 0.15) is 26.7 Å². The lowest BCUT2D eigenvalue weighted by atomic mass is 9.92. The Morgan fingerprint density at radius 3 is 2.61 bits per heavy atom. The highest BCUT2D eigenvalue weighted by Gasteiger charge is 2.28. The number of rotatable bonds is 4. The number of nitrogens with one attached hydrogen (secondary N) is 2. The van der Waals surface area contributed by atoms with Crippen molar-refractivity contribution in [1.29, 1.82) is 0 Å². The molecule has 3 amide bonds. The van der Waals surface area contributed by atoms with Crippen LogP contribution in [0.25, 0.3) is 0 Å². The normalized spacial score (nSPS) is 20.5. The highest BCUT2D eigenvalue weighted by atomic mass is 16.2. The SMILES string of the molecule is CC(NC(=O)Nc1ccccc1)C(=O)N1CCCC(C(C)N)C1. The predicted molar refractivity (Wildman–Crippen MR) is 91.0 cm³/mol. The minimum Gasteiger partial charge on any atom is -0.341 e. The number of anilines is 1. The molecular weight excluding hydrogens is 292 g/mol. The smallest absolute Gasteiger partial charge is 0.319 e. The van der Waals surface area contributed by atoms with Crippen molar-refractivity contribution in [3.05, 3.63) is 30.3 Å². The zero-order valence-corrected chi connectivity index (χ0v) is 13.8. The summed E-state index contributed by atoms with van der Waals surface area (Å²) in [6.45, 7) is 5.09. The van der Waals surface area contributed by atoms with Gasteiger partial charge in [-0.1, -0.05) is 18.2 Å². The van der Waals surface area contributed by atoms with E-state index in [1.807, 2.05) is 30.0 Å². The van der Waals surface area contributed by atoms with E-state index in [0.717, 1.165) is 19.4 Å². The fourth-order valence-corrected chi connectivity index (χ4v) is 2.86. The summed E-state index contributed by atoms with van der Waals surface area (Å²) in [7, 11) is 0. The highest BCUT2D eigenvalue weighted by Crippen LogP contribution is 2.19. The van der Waals surface area contributed by atoms with Crippen LogP contribution in [-0.2, 0) is 4.79 Å². The van der Waals surface area contributed by atoms with Crippen LogP contribution in [-0.4, -0.2) is 42.0 Å². The lowest BCUT2D eigenvalue weighted by molar-refractivity contribution is -0.134. The fourth-order valence-electron chi connectivity index (χ4n) is 2.86. The third kappa shape index (κ3) is 4.96. The maximum Gasteiger partial charge on any atom is 0.319 e. The van der Waals surface area contributed by atoms with Crippen molar-refractivity contribution >= 4 is 17.6 Å². The Hall–Kier alpha value is -2.08. The van der Waals surface area contributed by atoms with E-state index >= 15 is 0 Å². The first-order chi connectivity index (χ1) is 11.0. The van der Waals surface area contributed by atoms with Crippen molar-refractivity contribution in [2.24, 2.45) is 11.7 Å². The number of carbonyl (C=O) groups excluding carboxylic acids is 2. The van der Waals surface area contributed by atoms with Crippen molar-refractivity contribution in [3.63, 3.8) is 0 Å². The average molecular weight is 318 g/mol. The third-order valence-corrected chi connectivity index (χ3v) is 4.26. The van der Waals surface area contributed by atoms with Gasteiger partial charge in [0, 0.05) is 24.8 Å². The number of hydrogen-bond acceptors (Lipinski definition) is 3. The number of piperidine rings is 1. The third-order valence-electron chi connectivity index (χ3n) is 4.26. The quantitative estimate of drug-likeness (QED) is 0.791. The molecule has 4 N–H and O–H groups in total. The van der Waals surface area contributed by atoms with Crippen molar-refractivity contribution < 1.29 is 9.59 Å². The molecule has 6 nitrogen and oxygen atoms in total. The number of amides is 3. The van der Waals surface area contributed by atoms with Crippen molar-refractivity contribution in [2.75, 3.05) is 18.4 Å². The second-order valence-electron chi connectivity index (χ2n) is 6.23. The van der Waals surface area contributed by atoms with E-state index in [0.29, 0.717) is 18.2 Å². The molecule has 1 aromatic carbocycles. The molecular formula is C17H26N4O2. The van der Waals surface area contributed by atoms with Gasteiger partial charge in [-0.15, -0.1) is 0 Å². The molecule has 3 atom stereocenters. The zero-order chi connectivity index (χ0) is 16.8. The Labute approximate surface area is 137 Å². The highest BCUT2D eigenvalue weighted by molar-refractivity contribution is 5.93. The van der Waals surface area contributed by atoms with Gasteiger partial charge in [0.1, 0.15) is 6.04 Å². The molecule has 1 aliphatic rings. The van der Waals surface area contributed by atoms with E-state index < -0.39 is 6.04 Å². The molecule has 1 saturated heterocycles. The Kier molecular flexibility index (Phi) is 5.98. The van der Waals surface area contributed by atoms with Gasteiger partial charge in [-0.05, 0) is 44.7 Å². The van der Waals surface area contributed by atoms with E-state index in [2.05, 4.69) is 10.6 Å². The van der Waals surface area contributed by atoms with Gasteiger partial charge in [0.25, 0.3) is 0 Å². The standard InChI is InChI=1S/C17H26N4O2/c1-12(18)14-7-6-10-21(11-14)16(22)13(2)19-17(23)20-15-8-4-3-5-9-15/h3-5,8-9,12-14H,6-7,10-11,18H2,1-2H3,(H2,19,20,23). The van der Waals surface area contributed by atoms with Crippen LogP contribution < -0.4 is 16.4 Å². The maximum atomic E-state index is 12.5. The summed E-state index contributed by atoms with van der Waals surface area (Å²) in [5, 5.41) is 5.41. The molecule has 23 heavy (non-hydrogen) atoms. The van der Waals surface area contributed by atoms with Crippen LogP contribution in [0, 0.1) is 5.92 Å². The van der Waals surface area contributed by atoms with Crippen LogP contribution in [0.3, 0.4) is 0 Å². The molecule has 0 radical (unpaired) electrons. The monoisotopic (exact) mass is 318 g/mol. The predicted octanol–water partition coefficient (Wildman–Crippen LogP) is 1.78. The summed E-state index contributed by atoms with van der Waals surface area (Å²) >= 11 is 0. The fraction of sp³-hybridized carbons (Fsp3) is 0.529. The molecule has 1 fully saturated rings. The first-order valence-electron chi connectivity index (χ1n) is 8.14. The van der Waals surface area contributed by atoms with E-state index in [9.17, 15) is 9.59 Å². The van der Waals surface area contributed by atoms with Gasteiger partial charge in [-0.3, -0.25) is 4.79 Å². The lowest BCUT2D eigenvalue weighted by Crippen LogP contribution is -2.52. The molecule has 0 saturated carbocycles. The number of para-hydroxylation sites is 1. The van der Waals surface area contributed by atoms with Crippen LogP contribution in [0.4, 0.5) is 10.5 Å². The Morgan fingerprint density at radius 1 is 1.26 bits per heavy atom. The van der Waals surface area contributed by atoms with E-state index in [4.69, 9.17) is 5.73 Å². The summed E-state index contributed by atoms with van der Waals surface area (Å²) in [4.78, 5) is 26.3. The Morgan fingerprint density at radius 2 is 1.96 bits per heavy atom. The number of nitrogens with two attached hydrogens (primary N) is 1. The van der Waals surface area contributed by atoms with E-state index in [-0.39, 0.29) is 18.0 Å². The average Bonchev–Trinajstić information content (AvgIpc) is 2.55. The van der Waals surface area contributed by atoms with Gasteiger partial charge >= 0.3 is 6.03 Å². The van der Waals surface area contributed by atoms with Crippen LogP contribution in [0.2, 0.25) is 0 Å². The van der Waals surface area contributed by atoms with Gasteiger partial charge in [0.05, 0.1) is 0 Å². The summed E-state index contributed by atoms with van der Waals surface area (Å²) in [6.07, 6.45) is 2.01. The molecule has 1 aromatic rings. The number of likely N-dealkylation sites (tertiary alicyclic amines) is 1. The van der Waals surface area contributed by atoms with Gasteiger partial charge in [0.15, 0.2) is 0 Å².